The highest BCUT2D eigenvalue weighted by atomic mass is 32.2. The number of ether oxygens (including phenoxy) is 1. The topological polar surface area (TPSA) is 134 Å². The number of amides is 2. The van der Waals surface area contributed by atoms with Crippen molar-refractivity contribution in [2.24, 2.45) is 10.9 Å². The first-order chi connectivity index (χ1) is 24.1. The first-order valence-electron chi connectivity index (χ1n) is 18.0. The molecule has 3 heterocycles. The smallest absolute Gasteiger partial charge is 0.263 e. The van der Waals surface area contributed by atoms with E-state index in [4.69, 9.17) is 14.3 Å². The van der Waals surface area contributed by atoms with Crippen LogP contribution < -0.4 is 4.72 Å². The minimum absolute atomic E-state index is 0.0381. The van der Waals surface area contributed by atoms with Crippen molar-refractivity contribution in [3.05, 3.63) is 64.9 Å². The fraction of sp³-hybridized carbons (Fsp3) is 0.526. The summed E-state index contributed by atoms with van der Waals surface area (Å²) in [6, 6.07) is 12.7. The summed E-state index contributed by atoms with van der Waals surface area (Å²) < 4.78 is 41.1. The Balaban J connectivity index is 1.29. The van der Waals surface area contributed by atoms with Crippen molar-refractivity contribution in [2.45, 2.75) is 109 Å². The third kappa shape index (κ3) is 7.23. The normalized spacial score (nSPS) is 19.8. The Labute approximate surface area is 295 Å². The molecule has 3 aromatic rings. The van der Waals surface area contributed by atoms with Crippen LogP contribution in [0.25, 0.3) is 11.1 Å². The first-order valence-corrected chi connectivity index (χ1v) is 19.5. The minimum atomic E-state index is -4.03. The van der Waals surface area contributed by atoms with Gasteiger partial charge >= 0.3 is 0 Å². The molecular weight excluding hydrogens is 655 g/mol. The Hall–Kier alpha value is -4.03. The van der Waals surface area contributed by atoms with E-state index in [1.54, 1.807) is 32.0 Å². The zero-order valence-electron chi connectivity index (χ0n) is 29.7. The van der Waals surface area contributed by atoms with Crippen LogP contribution in [-0.2, 0) is 37.5 Å². The number of likely N-dealkylation sites (tertiary alicyclic amines) is 1. The molecule has 6 rings (SSSR count). The number of carbonyl (C=O) groups excluding carboxylic acids is 2. The molecule has 1 spiro atoms. The van der Waals surface area contributed by atoms with Crippen LogP contribution in [0.4, 0.5) is 5.82 Å². The molecule has 1 atom stereocenters. The van der Waals surface area contributed by atoms with Gasteiger partial charge < -0.3 is 14.2 Å². The molecule has 1 aliphatic carbocycles. The number of nitrogens with one attached hydrogen (secondary N) is 1. The number of unbranched alkanes of at least 4 members (excludes halogenated alkanes) is 1. The number of sulfonamides is 1. The molecule has 2 fully saturated rings. The van der Waals surface area contributed by atoms with Gasteiger partial charge in [-0.25, -0.2) is 8.42 Å². The van der Waals surface area contributed by atoms with Gasteiger partial charge in [-0.3, -0.25) is 24.2 Å². The van der Waals surface area contributed by atoms with E-state index in [0.29, 0.717) is 61.5 Å². The summed E-state index contributed by atoms with van der Waals surface area (Å²) in [6.45, 7) is 9.60. The summed E-state index contributed by atoms with van der Waals surface area (Å²) in [7, 11) is -4.03. The molecule has 2 amide bonds. The number of anilines is 1. The third-order valence-electron chi connectivity index (χ3n) is 10.4. The van der Waals surface area contributed by atoms with E-state index in [-0.39, 0.29) is 35.1 Å². The predicted octanol–water partition coefficient (Wildman–Crippen LogP) is 6.78. The largest absolute Gasteiger partial charge is 0.377 e. The second-order valence-electron chi connectivity index (χ2n) is 13.8. The van der Waals surface area contributed by atoms with Crippen molar-refractivity contribution in [1.29, 1.82) is 0 Å². The van der Waals surface area contributed by atoms with E-state index in [1.165, 1.54) is 0 Å². The van der Waals surface area contributed by atoms with Gasteiger partial charge in [0.25, 0.3) is 15.9 Å². The lowest BCUT2D eigenvalue weighted by atomic mass is 9.88. The molecule has 2 aliphatic heterocycles. The second-order valence-corrected chi connectivity index (χ2v) is 15.5. The SMILES string of the molecule is CCCCC1=N[C@]2(CCCN(C(=O)C3CCCC3)C2)C(=O)N1Cc1ccc(-c2ccccc2S(=O)(=O)Nc2noc(C)c2C)c(COCC)c1. The molecule has 1 saturated carbocycles. The molecule has 1 saturated heterocycles. The van der Waals surface area contributed by atoms with Crippen LogP contribution in [0.5, 0.6) is 0 Å². The molecule has 0 radical (unpaired) electrons. The van der Waals surface area contributed by atoms with E-state index in [2.05, 4.69) is 16.8 Å². The Morgan fingerprint density at radius 3 is 2.58 bits per heavy atom. The van der Waals surface area contributed by atoms with Crippen molar-refractivity contribution in [1.82, 2.24) is 15.0 Å². The third-order valence-corrected chi connectivity index (χ3v) is 11.8. The second kappa shape index (κ2) is 15.1. The van der Waals surface area contributed by atoms with Crippen molar-refractivity contribution < 1.29 is 27.3 Å². The number of amidine groups is 1. The number of hydrogen-bond donors (Lipinski definition) is 1. The molecule has 268 valence electrons. The number of rotatable bonds is 13. The quantitative estimate of drug-likeness (QED) is 0.208. The number of aryl methyl sites for hydroxylation is 1. The van der Waals surface area contributed by atoms with Crippen molar-refractivity contribution in [3.63, 3.8) is 0 Å². The molecule has 1 N–H and O–H groups in total. The van der Waals surface area contributed by atoms with Gasteiger partial charge in [0.2, 0.25) is 5.91 Å². The van der Waals surface area contributed by atoms with Gasteiger partial charge in [0, 0.05) is 36.6 Å². The van der Waals surface area contributed by atoms with Crippen LogP contribution in [0.15, 0.2) is 56.9 Å². The summed E-state index contributed by atoms with van der Waals surface area (Å²) >= 11 is 0. The van der Waals surface area contributed by atoms with Gasteiger partial charge in [0.05, 0.1) is 24.6 Å². The fourth-order valence-electron chi connectivity index (χ4n) is 7.47. The number of hydrogen-bond acceptors (Lipinski definition) is 8. The summed E-state index contributed by atoms with van der Waals surface area (Å²) in [5.41, 5.74) is 2.61. The van der Waals surface area contributed by atoms with E-state index in [0.717, 1.165) is 61.9 Å². The number of aromatic nitrogens is 1. The lowest BCUT2D eigenvalue weighted by molar-refractivity contribution is -0.141. The van der Waals surface area contributed by atoms with Gasteiger partial charge in [-0.2, -0.15) is 0 Å². The van der Waals surface area contributed by atoms with Crippen molar-refractivity contribution in [3.8, 4) is 11.1 Å². The molecule has 1 aromatic heterocycles. The Bertz CT molecular complexity index is 1860. The Morgan fingerprint density at radius 1 is 1.08 bits per heavy atom. The van der Waals surface area contributed by atoms with E-state index in [1.807, 2.05) is 41.0 Å². The highest BCUT2D eigenvalue weighted by Crippen LogP contribution is 2.38. The summed E-state index contributed by atoms with van der Waals surface area (Å²) in [5.74, 6) is 1.68. The Kier molecular flexibility index (Phi) is 10.8. The number of nitrogens with zero attached hydrogens (tertiary/aromatic N) is 4. The van der Waals surface area contributed by atoms with Crippen LogP contribution in [0.2, 0.25) is 0 Å². The maximum Gasteiger partial charge on any atom is 0.263 e. The molecule has 0 unspecified atom stereocenters. The zero-order valence-corrected chi connectivity index (χ0v) is 30.5. The van der Waals surface area contributed by atoms with Crippen LogP contribution in [0.3, 0.4) is 0 Å². The van der Waals surface area contributed by atoms with Crippen LogP contribution >= 0.6 is 0 Å². The van der Waals surface area contributed by atoms with Gasteiger partial charge in [-0.05, 0) is 75.6 Å². The average molecular weight is 704 g/mol. The standard InChI is InChI=1S/C38H49N5O6S/c1-5-7-17-34-39-38(20-12-21-42(25-38)36(44)29-13-8-9-14-29)37(45)43(34)23-28-18-19-31(30(22-28)24-48-6-2)32-15-10-11-16-33(32)50(46,47)41-35-26(3)27(4)49-40-35/h10-11,15-16,18-19,22,29H,5-9,12-14,17,20-21,23-25H2,1-4H3,(H,40,41)/t38-/m0/s1. The summed E-state index contributed by atoms with van der Waals surface area (Å²) in [5, 5.41) is 3.89. The van der Waals surface area contributed by atoms with E-state index < -0.39 is 15.6 Å². The van der Waals surface area contributed by atoms with E-state index >= 15 is 0 Å². The molecule has 2 aromatic carbocycles. The van der Waals surface area contributed by atoms with Crippen LogP contribution in [0, 0.1) is 19.8 Å². The van der Waals surface area contributed by atoms with Crippen LogP contribution in [0.1, 0.15) is 94.1 Å². The average Bonchev–Trinajstić information content (AvgIpc) is 3.83. The highest BCUT2D eigenvalue weighted by Gasteiger charge is 2.51. The maximum absolute atomic E-state index is 14.4. The minimum Gasteiger partial charge on any atom is -0.377 e. The highest BCUT2D eigenvalue weighted by molar-refractivity contribution is 7.92. The van der Waals surface area contributed by atoms with Gasteiger partial charge in [0.15, 0.2) is 11.4 Å². The number of piperidine rings is 1. The molecule has 0 bridgehead atoms. The maximum atomic E-state index is 14.4. The summed E-state index contributed by atoms with van der Waals surface area (Å²) in [4.78, 5) is 36.8. The number of aliphatic imine (C=N–C) groups is 1. The summed E-state index contributed by atoms with van der Waals surface area (Å²) in [6.07, 6.45) is 8.00. The molecule has 11 nitrogen and oxygen atoms in total. The number of carbonyl (C=O) groups is 2. The number of benzene rings is 2. The monoisotopic (exact) mass is 703 g/mol. The Morgan fingerprint density at radius 2 is 1.86 bits per heavy atom. The van der Waals surface area contributed by atoms with Gasteiger partial charge in [0.1, 0.15) is 11.6 Å². The van der Waals surface area contributed by atoms with Crippen LogP contribution in [-0.4, -0.2) is 66.3 Å². The molecule has 50 heavy (non-hydrogen) atoms. The van der Waals surface area contributed by atoms with Gasteiger partial charge in [-0.1, -0.05) is 67.7 Å². The van der Waals surface area contributed by atoms with E-state index in [9.17, 15) is 18.0 Å². The lowest BCUT2D eigenvalue weighted by Crippen LogP contribution is -2.55. The zero-order chi connectivity index (χ0) is 35.5. The molecule has 12 heteroatoms. The molecule has 3 aliphatic rings. The fourth-order valence-corrected chi connectivity index (χ4v) is 8.75. The van der Waals surface area contributed by atoms with Gasteiger partial charge in [-0.15, -0.1) is 0 Å². The first kappa shape index (κ1) is 35.8. The predicted molar refractivity (Wildman–Crippen MR) is 192 cm³/mol. The molecular formula is C38H49N5O6S. The van der Waals surface area contributed by atoms with Crippen molar-refractivity contribution in [2.75, 3.05) is 24.4 Å². The lowest BCUT2D eigenvalue weighted by Gasteiger charge is -2.38. The van der Waals surface area contributed by atoms with Crippen molar-refractivity contribution >= 4 is 33.5 Å².